The number of nitrogens with zero attached hydrogens (tertiary/aromatic N) is 1. The summed E-state index contributed by atoms with van der Waals surface area (Å²) in [5.74, 6) is -0.716. The lowest BCUT2D eigenvalue weighted by atomic mass is 10.0. The van der Waals surface area contributed by atoms with Gasteiger partial charge in [0.15, 0.2) is 0 Å². The van der Waals surface area contributed by atoms with Crippen LogP contribution >= 0.6 is 0 Å². The van der Waals surface area contributed by atoms with Crippen LogP contribution in [-0.2, 0) is 4.79 Å². The molecule has 1 rings (SSSR count). The molecule has 0 fully saturated rings. The molecule has 0 spiro atoms. The molecule has 2 N–H and O–H groups in total. The SMILES string of the molecule is CCC(CNC(=O)c1c(C)noc1C)CC(=O)O. The molecule has 1 amide bonds. The zero-order chi connectivity index (χ0) is 13.7. The van der Waals surface area contributed by atoms with Crippen molar-refractivity contribution in [1.82, 2.24) is 10.5 Å². The first kappa shape index (κ1) is 14.2. The van der Waals surface area contributed by atoms with E-state index in [9.17, 15) is 9.59 Å². The molecule has 1 aromatic rings. The molecule has 100 valence electrons. The average Bonchev–Trinajstić information content (AvgIpc) is 2.63. The second kappa shape index (κ2) is 6.18. The molecule has 0 aliphatic carbocycles. The van der Waals surface area contributed by atoms with Gasteiger partial charge in [-0.15, -0.1) is 0 Å². The van der Waals surface area contributed by atoms with E-state index in [0.29, 0.717) is 30.0 Å². The molecule has 0 aliphatic heterocycles. The van der Waals surface area contributed by atoms with Crippen molar-refractivity contribution < 1.29 is 19.2 Å². The predicted molar refractivity (Wildman–Crippen MR) is 64.3 cm³/mol. The van der Waals surface area contributed by atoms with Crippen molar-refractivity contribution in [2.75, 3.05) is 6.54 Å². The number of carboxylic acid groups (broad SMARTS) is 1. The quantitative estimate of drug-likeness (QED) is 0.803. The third-order valence-corrected chi connectivity index (χ3v) is 2.85. The smallest absolute Gasteiger partial charge is 0.303 e. The lowest BCUT2D eigenvalue weighted by Gasteiger charge is -2.13. The van der Waals surface area contributed by atoms with Crippen LogP contribution in [0.15, 0.2) is 4.52 Å². The number of rotatable bonds is 6. The van der Waals surface area contributed by atoms with Crippen molar-refractivity contribution >= 4 is 11.9 Å². The summed E-state index contributed by atoms with van der Waals surface area (Å²) in [7, 11) is 0. The van der Waals surface area contributed by atoms with Gasteiger partial charge in [0.25, 0.3) is 5.91 Å². The summed E-state index contributed by atoms with van der Waals surface area (Å²) in [6.45, 7) is 5.60. The highest BCUT2D eigenvalue weighted by molar-refractivity contribution is 5.96. The van der Waals surface area contributed by atoms with Crippen LogP contribution < -0.4 is 5.32 Å². The third-order valence-electron chi connectivity index (χ3n) is 2.85. The van der Waals surface area contributed by atoms with E-state index in [1.807, 2.05) is 6.92 Å². The lowest BCUT2D eigenvalue weighted by Crippen LogP contribution is -2.30. The van der Waals surface area contributed by atoms with Gasteiger partial charge in [-0.25, -0.2) is 0 Å². The first-order valence-corrected chi connectivity index (χ1v) is 5.88. The zero-order valence-corrected chi connectivity index (χ0v) is 10.8. The number of aryl methyl sites for hydroxylation is 2. The van der Waals surface area contributed by atoms with Gasteiger partial charge in [0.2, 0.25) is 0 Å². The Morgan fingerprint density at radius 1 is 1.44 bits per heavy atom. The number of hydrogen-bond donors (Lipinski definition) is 2. The fourth-order valence-corrected chi connectivity index (χ4v) is 1.74. The van der Waals surface area contributed by atoms with Gasteiger partial charge in [0.05, 0.1) is 5.69 Å². The van der Waals surface area contributed by atoms with Gasteiger partial charge in [-0.2, -0.15) is 0 Å². The highest BCUT2D eigenvalue weighted by Crippen LogP contribution is 2.12. The molecule has 6 heteroatoms. The average molecular weight is 254 g/mol. The number of nitrogens with one attached hydrogen (secondary N) is 1. The molecule has 0 bridgehead atoms. The van der Waals surface area contributed by atoms with Crippen molar-refractivity contribution in [3.05, 3.63) is 17.0 Å². The molecule has 0 aromatic carbocycles. The van der Waals surface area contributed by atoms with Crippen LogP contribution in [0.2, 0.25) is 0 Å². The molecule has 18 heavy (non-hydrogen) atoms. The molecule has 1 atom stereocenters. The Labute approximate surface area is 105 Å². The van der Waals surface area contributed by atoms with Crippen molar-refractivity contribution in [1.29, 1.82) is 0 Å². The maximum absolute atomic E-state index is 11.9. The molecule has 0 aliphatic rings. The van der Waals surface area contributed by atoms with Gasteiger partial charge in [-0.1, -0.05) is 18.5 Å². The Hall–Kier alpha value is -1.85. The molecule has 1 heterocycles. The minimum atomic E-state index is -0.853. The molecule has 0 saturated carbocycles. The number of hydrogen-bond acceptors (Lipinski definition) is 4. The topological polar surface area (TPSA) is 92.4 Å². The summed E-state index contributed by atoms with van der Waals surface area (Å²) in [6.07, 6.45) is 0.757. The summed E-state index contributed by atoms with van der Waals surface area (Å²) >= 11 is 0. The van der Waals surface area contributed by atoms with Gasteiger partial charge in [0, 0.05) is 13.0 Å². The van der Waals surface area contributed by atoms with Crippen LogP contribution in [0.5, 0.6) is 0 Å². The summed E-state index contributed by atoms with van der Waals surface area (Å²) in [5.41, 5.74) is 0.969. The van der Waals surface area contributed by atoms with Crippen LogP contribution in [0.4, 0.5) is 0 Å². The first-order valence-electron chi connectivity index (χ1n) is 5.88. The largest absolute Gasteiger partial charge is 0.481 e. The number of aromatic nitrogens is 1. The Bertz CT molecular complexity index is 420. The maximum Gasteiger partial charge on any atom is 0.303 e. The Kier molecular flexibility index (Phi) is 4.88. The molecule has 1 unspecified atom stereocenters. The van der Waals surface area contributed by atoms with Crippen molar-refractivity contribution in [2.45, 2.75) is 33.6 Å². The van der Waals surface area contributed by atoms with E-state index in [1.165, 1.54) is 0 Å². The number of amides is 1. The molecular weight excluding hydrogens is 236 g/mol. The minimum Gasteiger partial charge on any atom is -0.481 e. The second-order valence-corrected chi connectivity index (χ2v) is 4.28. The summed E-state index contributed by atoms with van der Waals surface area (Å²) in [5, 5.41) is 15.1. The Morgan fingerprint density at radius 3 is 2.56 bits per heavy atom. The van der Waals surface area contributed by atoms with E-state index >= 15 is 0 Å². The Morgan fingerprint density at radius 2 is 2.11 bits per heavy atom. The van der Waals surface area contributed by atoms with Gasteiger partial charge >= 0.3 is 5.97 Å². The number of carbonyl (C=O) groups excluding carboxylic acids is 1. The van der Waals surface area contributed by atoms with Crippen LogP contribution in [0.1, 0.15) is 41.6 Å². The Balaban J connectivity index is 2.58. The van der Waals surface area contributed by atoms with Crippen LogP contribution in [0, 0.1) is 19.8 Å². The van der Waals surface area contributed by atoms with Crippen LogP contribution in [0.25, 0.3) is 0 Å². The molecule has 0 saturated heterocycles. The highest BCUT2D eigenvalue weighted by Gasteiger charge is 2.19. The molecular formula is C12H18N2O4. The van der Waals surface area contributed by atoms with E-state index in [2.05, 4.69) is 10.5 Å². The van der Waals surface area contributed by atoms with Crippen LogP contribution in [-0.4, -0.2) is 28.7 Å². The van der Waals surface area contributed by atoms with Crippen molar-refractivity contribution in [3.63, 3.8) is 0 Å². The first-order chi connectivity index (χ1) is 8.45. The standard InChI is InChI=1S/C12H18N2O4/c1-4-9(5-10(15)16)6-13-12(17)11-7(2)14-18-8(11)3/h9H,4-6H2,1-3H3,(H,13,17)(H,15,16). The van der Waals surface area contributed by atoms with E-state index in [4.69, 9.17) is 9.63 Å². The van der Waals surface area contributed by atoms with Crippen LogP contribution in [0.3, 0.4) is 0 Å². The van der Waals surface area contributed by atoms with Gasteiger partial charge in [-0.05, 0) is 19.8 Å². The van der Waals surface area contributed by atoms with Crippen molar-refractivity contribution in [3.8, 4) is 0 Å². The minimum absolute atomic E-state index is 0.0539. The van der Waals surface area contributed by atoms with E-state index in [-0.39, 0.29) is 18.2 Å². The number of carbonyl (C=O) groups is 2. The summed E-state index contributed by atoms with van der Waals surface area (Å²) in [6, 6.07) is 0. The summed E-state index contributed by atoms with van der Waals surface area (Å²) < 4.78 is 4.91. The van der Waals surface area contributed by atoms with E-state index in [0.717, 1.165) is 0 Å². The van der Waals surface area contributed by atoms with Crippen molar-refractivity contribution in [2.24, 2.45) is 5.92 Å². The summed E-state index contributed by atoms with van der Waals surface area (Å²) in [4.78, 5) is 22.5. The fraction of sp³-hybridized carbons (Fsp3) is 0.583. The molecule has 0 radical (unpaired) electrons. The van der Waals surface area contributed by atoms with Gasteiger partial charge < -0.3 is 14.9 Å². The third kappa shape index (κ3) is 3.58. The van der Waals surface area contributed by atoms with E-state index < -0.39 is 5.97 Å². The monoisotopic (exact) mass is 254 g/mol. The zero-order valence-electron chi connectivity index (χ0n) is 10.8. The fourth-order valence-electron chi connectivity index (χ4n) is 1.74. The van der Waals surface area contributed by atoms with E-state index in [1.54, 1.807) is 13.8 Å². The maximum atomic E-state index is 11.9. The number of aliphatic carboxylic acids is 1. The number of carboxylic acids is 1. The highest BCUT2D eigenvalue weighted by atomic mass is 16.5. The molecule has 1 aromatic heterocycles. The molecule has 6 nitrogen and oxygen atoms in total. The van der Waals surface area contributed by atoms with Gasteiger partial charge in [-0.3, -0.25) is 9.59 Å². The lowest BCUT2D eigenvalue weighted by molar-refractivity contribution is -0.138. The normalized spacial score (nSPS) is 12.2. The van der Waals surface area contributed by atoms with Gasteiger partial charge in [0.1, 0.15) is 11.3 Å². The second-order valence-electron chi connectivity index (χ2n) is 4.28. The predicted octanol–water partition coefficient (Wildman–Crippen LogP) is 1.52.